The molecule has 29 heavy (non-hydrogen) atoms. The lowest BCUT2D eigenvalue weighted by Gasteiger charge is -2.32. The van der Waals surface area contributed by atoms with Crippen molar-refractivity contribution in [3.05, 3.63) is 51.2 Å². The van der Waals surface area contributed by atoms with Gasteiger partial charge in [0.2, 0.25) is 5.90 Å². The maximum Gasteiger partial charge on any atom is 0.315 e. The number of nitrogens with zero attached hydrogens (tertiary/aromatic N) is 3. The molecular formula is C21H25N3O5. The van der Waals surface area contributed by atoms with Crippen LogP contribution in [0.4, 0.5) is 5.69 Å². The number of hydrogen-bond acceptors (Lipinski definition) is 7. The zero-order valence-corrected chi connectivity index (χ0v) is 17.3. The van der Waals surface area contributed by atoms with E-state index in [2.05, 4.69) is 4.99 Å². The zero-order valence-electron chi connectivity index (χ0n) is 17.3. The summed E-state index contributed by atoms with van der Waals surface area (Å²) in [5, 5.41) is 11.3. The number of rotatable bonds is 5. The topological polar surface area (TPSA) is 103 Å². The van der Waals surface area contributed by atoms with Crippen LogP contribution in [-0.4, -0.2) is 41.8 Å². The number of hydrogen-bond donors (Lipinski definition) is 0. The number of aliphatic imine (C=N–C) groups is 2. The van der Waals surface area contributed by atoms with Gasteiger partial charge in [-0.15, -0.1) is 0 Å². The lowest BCUT2D eigenvalue weighted by molar-refractivity contribution is -0.384. The van der Waals surface area contributed by atoms with E-state index in [1.54, 1.807) is 19.1 Å². The summed E-state index contributed by atoms with van der Waals surface area (Å²) in [6.07, 6.45) is 0.606. The van der Waals surface area contributed by atoms with Crippen LogP contribution in [0.3, 0.4) is 0 Å². The quantitative estimate of drug-likeness (QED) is 0.425. The first kappa shape index (κ1) is 20.7. The second-order valence-corrected chi connectivity index (χ2v) is 7.82. The first-order chi connectivity index (χ1) is 13.7. The molecule has 1 aromatic rings. The normalized spacial score (nSPS) is 23.2. The van der Waals surface area contributed by atoms with E-state index in [4.69, 9.17) is 14.5 Å². The largest absolute Gasteiger partial charge is 0.475 e. The third kappa shape index (κ3) is 3.92. The molecule has 0 radical (unpaired) electrons. The predicted molar refractivity (Wildman–Crippen MR) is 109 cm³/mol. The molecule has 2 aliphatic heterocycles. The van der Waals surface area contributed by atoms with E-state index in [-0.39, 0.29) is 5.69 Å². The average Bonchev–Trinajstić information content (AvgIpc) is 3.05. The SMILES string of the molecule is CCC1=C(C2=NC(C)(C)CO2)C(c2cccc([N+](=O)[O-])c2)C(C(=O)OC)C(C)=N1. The Kier molecular flexibility index (Phi) is 5.55. The molecule has 0 aliphatic carbocycles. The highest BCUT2D eigenvalue weighted by Gasteiger charge is 2.44. The van der Waals surface area contributed by atoms with E-state index >= 15 is 0 Å². The van der Waals surface area contributed by atoms with Gasteiger partial charge in [-0.2, -0.15) is 0 Å². The fourth-order valence-corrected chi connectivity index (χ4v) is 3.80. The number of esters is 1. The van der Waals surface area contributed by atoms with E-state index in [9.17, 15) is 14.9 Å². The molecule has 8 nitrogen and oxygen atoms in total. The van der Waals surface area contributed by atoms with E-state index in [1.807, 2.05) is 20.8 Å². The fourth-order valence-electron chi connectivity index (χ4n) is 3.80. The zero-order chi connectivity index (χ0) is 21.3. The number of benzene rings is 1. The van der Waals surface area contributed by atoms with Gasteiger partial charge in [-0.05, 0) is 32.8 Å². The lowest BCUT2D eigenvalue weighted by Crippen LogP contribution is -2.36. The highest BCUT2D eigenvalue weighted by molar-refractivity contribution is 6.08. The Morgan fingerprint density at radius 2 is 2.14 bits per heavy atom. The minimum Gasteiger partial charge on any atom is -0.475 e. The monoisotopic (exact) mass is 399 g/mol. The van der Waals surface area contributed by atoms with Crippen LogP contribution in [0, 0.1) is 16.0 Å². The number of non-ortho nitro benzene ring substituents is 1. The molecule has 154 valence electrons. The third-order valence-electron chi connectivity index (χ3n) is 5.14. The summed E-state index contributed by atoms with van der Waals surface area (Å²) in [5.41, 5.74) is 2.24. The molecule has 0 fully saturated rings. The number of carbonyl (C=O) groups is 1. The van der Waals surface area contributed by atoms with Crippen LogP contribution < -0.4 is 0 Å². The van der Waals surface area contributed by atoms with Gasteiger partial charge in [-0.25, -0.2) is 4.99 Å². The molecule has 2 unspecified atom stereocenters. The Balaban J connectivity index is 2.26. The third-order valence-corrected chi connectivity index (χ3v) is 5.14. The van der Waals surface area contributed by atoms with Crippen LogP contribution in [0.15, 0.2) is 45.5 Å². The van der Waals surface area contributed by atoms with Crippen molar-refractivity contribution in [3.63, 3.8) is 0 Å². The Bertz CT molecular complexity index is 945. The van der Waals surface area contributed by atoms with Crippen LogP contribution >= 0.6 is 0 Å². The first-order valence-corrected chi connectivity index (χ1v) is 9.52. The van der Waals surface area contributed by atoms with Crippen LogP contribution in [0.5, 0.6) is 0 Å². The number of methoxy groups -OCH3 is 1. The standard InChI is InChI=1S/C21H25N3O5/c1-6-15-18(19-23-21(3,4)11-29-19)17(16(12(2)22-15)20(25)28-5)13-8-7-9-14(10-13)24(26)27/h7-10,16-17H,6,11H2,1-5H3. The van der Waals surface area contributed by atoms with Crippen LogP contribution in [-0.2, 0) is 14.3 Å². The number of allylic oxidation sites excluding steroid dienone is 1. The molecule has 2 atom stereocenters. The van der Waals surface area contributed by atoms with Crippen molar-refractivity contribution in [2.45, 2.75) is 45.6 Å². The summed E-state index contributed by atoms with van der Waals surface area (Å²) in [7, 11) is 1.32. The maximum absolute atomic E-state index is 12.7. The fraction of sp³-hybridized carbons (Fsp3) is 0.476. The average molecular weight is 399 g/mol. The minimum atomic E-state index is -0.720. The molecule has 3 rings (SSSR count). The molecule has 0 spiro atoms. The Morgan fingerprint density at radius 3 is 2.69 bits per heavy atom. The van der Waals surface area contributed by atoms with Crippen molar-refractivity contribution >= 4 is 23.3 Å². The van der Waals surface area contributed by atoms with E-state index in [0.29, 0.717) is 35.8 Å². The number of carbonyl (C=O) groups excluding carboxylic acids is 1. The second kappa shape index (κ2) is 7.77. The molecule has 1 aromatic carbocycles. The Morgan fingerprint density at radius 1 is 1.41 bits per heavy atom. The number of nitro groups is 1. The summed E-state index contributed by atoms with van der Waals surface area (Å²) in [5.74, 6) is -1.27. The maximum atomic E-state index is 12.7. The van der Waals surface area contributed by atoms with Gasteiger partial charge in [0.25, 0.3) is 5.69 Å². The lowest BCUT2D eigenvalue weighted by atomic mass is 9.75. The molecule has 0 amide bonds. The number of nitro benzene ring substituents is 1. The molecule has 0 bridgehead atoms. The van der Waals surface area contributed by atoms with Gasteiger partial charge in [0.05, 0.1) is 17.6 Å². The van der Waals surface area contributed by atoms with Gasteiger partial charge < -0.3 is 9.47 Å². The van der Waals surface area contributed by atoms with Gasteiger partial charge >= 0.3 is 5.97 Å². The molecule has 0 N–H and O–H groups in total. The smallest absolute Gasteiger partial charge is 0.315 e. The minimum absolute atomic E-state index is 0.0433. The van der Waals surface area contributed by atoms with E-state index < -0.39 is 28.3 Å². The molecule has 2 aliphatic rings. The Hall–Kier alpha value is -3.03. The summed E-state index contributed by atoms with van der Waals surface area (Å²) < 4.78 is 11.0. The molecule has 0 aromatic heterocycles. The van der Waals surface area contributed by atoms with Gasteiger partial charge in [-0.1, -0.05) is 19.1 Å². The van der Waals surface area contributed by atoms with Crippen molar-refractivity contribution in [2.75, 3.05) is 13.7 Å². The number of ether oxygens (including phenoxy) is 2. The van der Waals surface area contributed by atoms with Crippen molar-refractivity contribution in [1.29, 1.82) is 0 Å². The highest BCUT2D eigenvalue weighted by Crippen LogP contribution is 2.43. The molecule has 2 heterocycles. The van der Waals surface area contributed by atoms with Crippen molar-refractivity contribution in [1.82, 2.24) is 0 Å². The summed E-state index contributed by atoms with van der Waals surface area (Å²) >= 11 is 0. The van der Waals surface area contributed by atoms with Crippen molar-refractivity contribution < 1.29 is 19.2 Å². The van der Waals surface area contributed by atoms with Gasteiger partial charge in [-0.3, -0.25) is 19.9 Å². The predicted octanol–water partition coefficient (Wildman–Crippen LogP) is 3.81. The molecule has 8 heteroatoms. The summed E-state index contributed by atoms with van der Waals surface area (Å²) in [6, 6.07) is 6.32. The van der Waals surface area contributed by atoms with Gasteiger partial charge in [0.1, 0.15) is 12.5 Å². The van der Waals surface area contributed by atoms with Crippen LogP contribution in [0.2, 0.25) is 0 Å². The van der Waals surface area contributed by atoms with Crippen LogP contribution in [0.25, 0.3) is 0 Å². The molecule has 0 saturated carbocycles. The van der Waals surface area contributed by atoms with Crippen LogP contribution in [0.1, 0.15) is 45.6 Å². The van der Waals surface area contributed by atoms with E-state index in [0.717, 1.165) is 5.70 Å². The van der Waals surface area contributed by atoms with Crippen molar-refractivity contribution in [3.8, 4) is 0 Å². The summed E-state index contributed by atoms with van der Waals surface area (Å²) in [4.78, 5) is 33.0. The Labute approximate surface area is 169 Å². The highest BCUT2D eigenvalue weighted by atomic mass is 16.6. The first-order valence-electron chi connectivity index (χ1n) is 9.52. The van der Waals surface area contributed by atoms with Gasteiger partial charge in [0, 0.05) is 35.0 Å². The molecular weight excluding hydrogens is 374 g/mol. The molecule has 0 saturated heterocycles. The van der Waals surface area contributed by atoms with Gasteiger partial charge in [0.15, 0.2) is 0 Å². The summed E-state index contributed by atoms with van der Waals surface area (Å²) in [6.45, 7) is 8.08. The second-order valence-electron chi connectivity index (χ2n) is 7.82. The van der Waals surface area contributed by atoms with E-state index in [1.165, 1.54) is 19.2 Å². The van der Waals surface area contributed by atoms with Crippen molar-refractivity contribution in [2.24, 2.45) is 15.9 Å².